The topological polar surface area (TPSA) is 52.3 Å². The van der Waals surface area contributed by atoms with E-state index in [0.29, 0.717) is 5.92 Å². The SMILES string of the molecule is CC(C)(C)OC(=O)C(C)(N)CC1CC1. The number of carbonyl (C=O) groups excluding carboxylic acids is 1. The molecule has 1 saturated carbocycles. The largest absolute Gasteiger partial charge is 0.459 e. The number of hydrogen-bond donors (Lipinski definition) is 1. The maximum absolute atomic E-state index is 11.7. The number of hydrogen-bond acceptors (Lipinski definition) is 3. The van der Waals surface area contributed by atoms with Crippen molar-refractivity contribution < 1.29 is 9.53 Å². The van der Waals surface area contributed by atoms with Crippen molar-refractivity contribution in [2.45, 2.75) is 58.1 Å². The van der Waals surface area contributed by atoms with Gasteiger partial charge in [0.2, 0.25) is 0 Å². The van der Waals surface area contributed by atoms with Crippen LogP contribution in [-0.2, 0) is 9.53 Å². The van der Waals surface area contributed by atoms with E-state index in [-0.39, 0.29) is 5.97 Å². The van der Waals surface area contributed by atoms with Crippen LogP contribution in [0.15, 0.2) is 0 Å². The van der Waals surface area contributed by atoms with Gasteiger partial charge in [-0.1, -0.05) is 12.8 Å². The summed E-state index contributed by atoms with van der Waals surface area (Å²) >= 11 is 0. The third-order valence-electron chi connectivity index (χ3n) is 2.27. The fourth-order valence-corrected chi connectivity index (χ4v) is 1.40. The molecule has 1 aliphatic rings. The van der Waals surface area contributed by atoms with E-state index >= 15 is 0 Å². The van der Waals surface area contributed by atoms with Gasteiger partial charge in [-0.25, -0.2) is 0 Å². The van der Waals surface area contributed by atoms with Crippen LogP contribution in [0.1, 0.15) is 47.0 Å². The van der Waals surface area contributed by atoms with Gasteiger partial charge in [-0.15, -0.1) is 0 Å². The second-order valence-corrected chi connectivity index (χ2v) is 5.57. The van der Waals surface area contributed by atoms with Gasteiger partial charge in [0, 0.05) is 0 Å². The van der Waals surface area contributed by atoms with Crippen LogP contribution in [0.25, 0.3) is 0 Å². The average Bonchev–Trinajstić information content (AvgIpc) is 2.66. The van der Waals surface area contributed by atoms with Crippen LogP contribution in [0.5, 0.6) is 0 Å². The van der Waals surface area contributed by atoms with Gasteiger partial charge in [-0.2, -0.15) is 0 Å². The molecular weight excluding hydrogens is 178 g/mol. The summed E-state index contributed by atoms with van der Waals surface area (Å²) in [6.07, 6.45) is 3.16. The first-order chi connectivity index (χ1) is 6.21. The first-order valence-corrected chi connectivity index (χ1v) is 5.23. The highest BCUT2D eigenvalue weighted by molar-refractivity contribution is 5.80. The van der Waals surface area contributed by atoms with E-state index in [2.05, 4.69) is 0 Å². The molecule has 0 amide bonds. The fourth-order valence-electron chi connectivity index (χ4n) is 1.40. The van der Waals surface area contributed by atoms with Gasteiger partial charge in [0.1, 0.15) is 11.1 Å². The van der Waals surface area contributed by atoms with E-state index in [1.807, 2.05) is 20.8 Å². The highest BCUT2D eigenvalue weighted by atomic mass is 16.6. The second kappa shape index (κ2) is 3.54. The normalized spacial score (nSPS) is 21.5. The molecule has 0 spiro atoms. The summed E-state index contributed by atoms with van der Waals surface area (Å²) < 4.78 is 5.27. The number of esters is 1. The van der Waals surface area contributed by atoms with Crippen LogP contribution in [0.2, 0.25) is 0 Å². The third-order valence-corrected chi connectivity index (χ3v) is 2.27. The van der Waals surface area contributed by atoms with Crippen molar-refractivity contribution in [2.24, 2.45) is 11.7 Å². The molecule has 1 fully saturated rings. The summed E-state index contributed by atoms with van der Waals surface area (Å²) in [5, 5.41) is 0. The molecule has 82 valence electrons. The number of ether oxygens (including phenoxy) is 1. The molecule has 1 rings (SSSR count). The molecule has 3 heteroatoms. The molecule has 0 aromatic heterocycles. The Balaban J connectivity index is 2.48. The van der Waals surface area contributed by atoms with Crippen LogP contribution in [0.4, 0.5) is 0 Å². The van der Waals surface area contributed by atoms with Gasteiger partial charge in [0.25, 0.3) is 0 Å². The second-order valence-electron chi connectivity index (χ2n) is 5.57. The summed E-state index contributed by atoms with van der Waals surface area (Å²) in [4.78, 5) is 11.7. The van der Waals surface area contributed by atoms with E-state index < -0.39 is 11.1 Å². The lowest BCUT2D eigenvalue weighted by Crippen LogP contribution is -2.48. The van der Waals surface area contributed by atoms with E-state index in [1.165, 1.54) is 12.8 Å². The molecule has 1 unspecified atom stereocenters. The monoisotopic (exact) mass is 199 g/mol. The molecule has 0 heterocycles. The van der Waals surface area contributed by atoms with Crippen molar-refractivity contribution >= 4 is 5.97 Å². The zero-order chi connectivity index (χ0) is 11.0. The Bertz CT molecular complexity index is 224. The molecule has 1 atom stereocenters. The van der Waals surface area contributed by atoms with Crippen molar-refractivity contribution in [3.05, 3.63) is 0 Å². The number of rotatable bonds is 3. The maximum atomic E-state index is 11.7. The molecular formula is C11H21NO2. The van der Waals surface area contributed by atoms with E-state index in [0.717, 1.165) is 6.42 Å². The van der Waals surface area contributed by atoms with Gasteiger partial charge in [0.15, 0.2) is 0 Å². The van der Waals surface area contributed by atoms with Crippen molar-refractivity contribution in [3.63, 3.8) is 0 Å². The fraction of sp³-hybridized carbons (Fsp3) is 0.909. The van der Waals surface area contributed by atoms with Crippen molar-refractivity contribution in [3.8, 4) is 0 Å². The molecule has 0 aromatic carbocycles. The number of carbonyl (C=O) groups is 1. The van der Waals surface area contributed by atoms with Crippen LogP contribution >= 0.6 is 0 Å². The Kier molecular flexibility index (Phi) is 2.91. The quantitative estimate of drug-likeness (QED) is 0.706. The molecule has 0 bridgehead atoms. The van der Waals surface area contributed by atoms with Gasteiger partial charge < -0.3 is 10.5 Å². The van der Waals surface area contributed by atoms with Gasteiger partial charge >= 0.3 is 5.97 Å². The lowest BCUT2D eigenvalue weighted by atomic mass is 9.96. The van der Waals surface area contributed by atoms with E-state index in [4.69, 9.17) is 10.5 Å². The standard InChI is InChI=1S/C11H21NO2/c1-10(2,3)14-9(13)11(4,12)7-8-5-6-8/h8H,5-7,12H2,1-4H3. The first-order valence-electron chi connectivity index (χ1n) is 5.23. The highest BCUT2D eigenvalue weighted by Crippen LogP contribution is 2.36. The maximum Gasteiger partial charge on any atom is 0.326 e. The molecule has 0 aliphatic heterocycles. The van der Waals surface area contributed by atoms with Crippen LogP contribution in [0, 0.1) is 5.92 Å². The third kappa shape index (κ3) is 3.66. The van der Waals surface area contributed by atoms with E-state index in [1.54, 1.807) is 6.92 Å². The molecule has 0 radical (unpaired) electrons. The lowest BCUT2D eigenvalue weighted by molar-refractivity contribution is -0.161. The minimum Gasteiger partial charge on any atom is -0.459 e. The summed E-state index contributed by atoms with van der Waals surface area (Å²) in [7, 11) is 0. The highest BCUT2D eigenvalue weighted by Gasteiger charge is 2.38. The Morgan fingerprint density at radius 3 is 2.21 bits per heavy atom. The van der Waals surface area contributed by atoms with Crippen LogP contribution in [-0.4, -0.2) is 17.1 Å². The van der Waals surface area contributed by atoms with Crippen LogP contribution < -0.4 is 5.73 Å². The van der Waals surface area contributed by atoms with Gasteiger partial charge in [-0.05, 0) is 40.0 Å². The minimum absolute atomic E-state index is 0.281. The van der Waals surface area contributed by atoms with Crippen molar-refractivity contribution in [1.82, 2.24) is 0 Å². The van der Waals surface area contributed by atoms with Crippen molar-refractivity contribution in [2.75, 3.05) is 0 Å². The Hall–Kier alpha value is -0.570. The lowest BCUT2D eigenvalue weighted by Gasteiger charge is -2.28. The summed E-state index contributed by atoms with van der Waals surface area (Å²) in [5.74, 6) is 0.356. The predicted octanol–water partition coefficient (Wildman–Crippen LogP) is 1.85. The predicted molar refractivity (Wildman–Crippen MR) is 55.8 cm³/mol. The van der Waals surface area contributed by atoms with Gasteiger partial charge in [-0.3, -0.25) is 4.79 Å². The average molecular weight is 199 g/mol. The molecule has 2 N–H and O–H groups in total. The summed E-state index contributed by atoms with van der Waals surface area (Å²) in [5.41, 5.74) is 4.68. The smallest absolute Gasteiger partial charge is 0.326 e. The molecule has 0 saturated heterocycles. The zero-order valence-corrected chi connectivity index (χ0v) is 9.59. The Morgan fingerprint density at radius 2 is 1.86 bits per heavy atom. The van der Waals surface area contributed by atoms with Gasteiger partial charge in [0.05, 0.1) is 0 Å². The zero-order valence-electron chi connectivity index (χ0n) is 9.59. The molecule has 1 aliphatic carbocycles. The van der Waals surface area contributed by atoms with Crippen molar-refractivity contribution in [1.29, 1.82) is 0 Å². The Labute approximate surface area is 86.0 Å². The van der Waals surface area contributed by atoms with Crippen LogP contribution in [0.3, 0.4) is 0 Å². The Morgan fingerprint density at radius 1 is 1.36 bits per heavy atom. The first kappa shape index (κ1) is 11.5. The molecule has 3 nitrogen and oxygen atoms in total. The minimum atomic E-state index is -0.811. The van der Waals surface area contributed by atoms with E-state index in [9.17, 15) is 4.79 Å². The molecule has 14 heavy (non-hydrogen) atoms. The summed E-state index contributed by atoms with van der Waals surface area (Å²) in [6.45, 7) is 7.34. The molecule has 0 aromatic rings. The summed E-state index contributed by atoms with van der Waals surface area (Å²) in [6, 6.07) is 0. The number of nitrogens with two attached hydrogens (primary N) is 1.